The fourth-order valence-electron chi connectivity index (χ4n) is 1.06. The molecule has 1 atom stereocenters. The minimum absolute atomic E-state index is 0.198. The lowest BCUT2D eigenvalue weighted by Crippen LogP contribution is -2.31. The molecule has 1 rings (SSSR count). The van der Waals surface area contributed by atoms with E-state index in [-0.39, 0.29) is 12.5 Å². The number of aromatic nitrogens is 1. The number of carbonyl (C=O) groups excluding carboxylic acids is 1. The van der Waals surface area contributed by atoms with Gasteiger partial charge in [0.15, 0.2) is 0 Å². The molecular weight excluding hydrogens is 180 g/mol. The molecule has 0 aliphatic carbocycles. The molecule has 0 saturated heterocycles. The number of hydrogen-bond donors (Lipinski definition) is 2. The van der Waals surface area contributed by atoms with Crippen LogP contribution in [0.2, 0.25) is 0 Å². The number of nitrogens with zero attached hydrogens (tertiary/aromatic N) is 1. The molecule has 1 unspecified atom stereocenters. The predicted molar refractivity (Wildman–Crippen MR) is 53.0 cm³/mol. The molecule has 0 radical (unpaired) electrons. The summed E-state index contributed by atoms with van der Waals surface area (Å²) < 4.78 is 0. The van der Waals surface area contributed by atoms with Crippen LogP contribution in [-0.2, 0) is 0 Å². The molecule has 0 saturated carbocycles. The maximum Gasteiger partial charge on any atom is 0.253 e. The highest BCUT2D eigenvalue weighted by atomic mass is 16.3. The Morgan fingerprint density at radius 3 is 3.00 bits per heavy atom. The first kappa shape index (κ1) is 10.7. The average molecular weight is 194 g/mol. The Morgan fingerprint density at radius 1 is 1.71 bits per heavy atom. The summed E-state index contributed by atoms with van der Waals surface area (Å²) in [5, 5.41) is 11.6. The van der Waals surface area contributed by atoms with Crippen molar-refractivity contribution in [1.29, 1.82) is 0 Å². The number of carbonyl (C=O) groups is 1. The first-order valence-corrected chi connectivity index (χ1v) is 4.49. The third kappa shape index (κ3) is 2.81. The molecule has 14 heavy (non-hydrogen) atoms. The van der Waals surface area contributed by atoms with E-state index in [0.717, 1.165) is 0 Å². The van der Waals surface area contributed by atoms with Crippen LogP contribution in [0.25, 0.3) is 0 Å². The Bertz CT molecular complexity index is 324. The predicted octanol–water partition coefficient (Wildman–Crippen LogP) is 0.501. The largest absolute Gasteiger partial charge is 0.392 e. The Kier molecular flexibility index (Phi) is 3.59. The summed E-state index contributed by atoms with van der Waals surface area (Å²) in [5.74, 6) is -0.198. The summed E-state index contributed by atoms with van der Waals surface area (Å²) in [6.45, 7) is 3.65. The van der Waals surface area contributed by atoms with Gasteiger partial charge in [-0.3, -0.25) is 9.78 Å². The van der Waals surface area contributed by atoms with E-state index in [2.05, 4.69) is 10.3 Å². The van der Waals surface area contributed by atoms with Gasteiger partial charge in [-0.25, -0.2) is 0 Å². The van der Waals surface area contributed by atoms with Gasteiger partial charge in [0.1, 0.15) is 0 Å². The van der Waals surface area contributed by atoms with Crippen LogP contribution in [-0.4, -0.2) is 28.6 Å². The van der Waals surface area contributed by atoms with E-state index in [4.69, 9.17) is 5.11 Å². The van der Waals surface area contributed by atoms with Crippen molar-refractivity contribution in [2.24, 2.45) is 0 Å². The van der Waals surface area contributed by atoms with E-state index in [0.29, 0.717) is 11.3 Å². The molecule has 76 valence electrons. The minimum atomic E-state index is -0.532. The molecule has 4 heteroatoms. The molecule has 0 spiro atoms. The molecule has 0 aliphatic heterocycles. The normalized spacial score (nSPS) is 12.2. The van der Waals surface area contributed by atoms with Crippen LogP contribution in [0.5, 0.6) is 0 Å². The maximum absolute atomic E-state index is 11.5. The molecule has 1 aromatic heterocycles. The van der Waals surface area contributed by atoms with Gasteiger partial charge in [0, 0.05) is 18.4 Å². The standard InChI is InChI=1S/C10H14N2O2/c1-7(13)6-12-10(14)9-4-3-5-11-8(9)2/h3-5,7,13H,6H2,1-2H3,(H,12,14). The van der Waals surface area contributed by atoms with Crippen LogP contribution in [0.3, 0.4) is 0 Å². The van der Waals surface area contributed by atoms with Crippen LogP contribution in [0, 0.1) is 6.92 Å². The van der Waals surface area contributed by atoms with E-state index in [1.54, 1.807) is 32.2 Å². The van der Waals surface area contributed by atoms with Crippen LogP contribution < -0.4 is 5.32 Å². The zero-order valence-corrected chi connectivity index (χ0v) is 8.32. The van der Waals surface area contributed by atoms with Gasteiger partial charge >= 0.3 is 0 Å². The molecule has 4 nitrogen and oxygen atoms in total. The Labute approximate surface area is 83.0 Å². The van der Waals surface area contributed by atoms with Crippen molar-refractivity contribution in [1.82, 2.24) is 10.3 Å². The number of nitrogens with one attached hydrogen (secondary N) is 1. The first-order valence-electron chi connectivity index (χ1n) is 4.49. The zero-order chi connectivity index (χ0) is 10.6. The van der Waals surface area contributed by atoms with Gasteiger partial charge in [-0.2, -0.15) is 0 Å². The van der Waals surface area contributed by atoms with Gasteiger partial charge < -0.3 is 10.4 Å². The molecule has 0 aliphatic rings. The second-order valence-electron chi connectivity index (χ2n) is 3.20. The first-order chi connectivity index (χ1) is 6.61. The Balaban J connectivity index is 2.65. The second-order valence-corrected chi connectivity index (χ2v) is 3.20. The summed E-state index contributed by atoms with van der Waals surface area (Å²) in [5.41, 5.74) is 1.24. The highest BCUT2D eigenvalue weighted by Crippen LogP contribution is 2.02. The maximum atomic E-state index is 11.5. The summed E-state index contributed by atoms with van der Waals surface area (Å²) in [4.78, 5) is 15.5. The number of aliphatic hydroxyl groups excluding tert-OH is 1. The monoisotopic (exact) mass is 194 g/mol. The number of aliphatic hydroxyl groups is 1. The SMILES string of the molecule is Cc1ncccc1C(=O)NCC(C)O. The summed E-state index contributed by atoms with van der Waals surface area (Å²) in [6.07, 6.45) is 1.11. The van der Waals surface area contributed by atoms with Crippen LogP contribution in [0.4, 0.5) is 0 Å². The lowest BCUT2D eigenvalue weighted by atomic mass is 10.2. The van der Waals surface area contributed by atoms with Crippen molar-refractivity contribution < 1.29 is 9.90 Å². The van der Waals surface area contributed by atoms with Crippen molar-refractivity contribution in [2.45, 2.75) is 20.0 Å². The molecule has 1 aromatic rings. The number of aryl methyl sites for hydroxylation is 1. The van der Waals surface area contributed by atoms with Crippen molar-refractivity contribution in [2.75, 3.05) is 6.54 Å². The fourth-order valence-corrected chi connectivity index (χ4v) is 1.06. The van der Waals surface area contributed by atoms with Crippen LogP contribution >= 0.6 is 0 Å². The highest BCUT2D eigenvalue weighted by molar-refractivity contribution is 5.95. The minimum Gasteiger partial charge on any atom is -0.392 e. The molecule has 1 heterocycles. The number of amides is 1. The van der Waals surface area contributed by atoms with E-state index >= 15 is 0 Å². The summed E-state index contributed by atoms with van der Waals surface area (Å²) >= 11 is 0. The van der Waals surface area contributed by atoms with Crippen LogP contribution in [0.1, 0.15) is 23.0 Å². The Morgan fingerprint density at radius 2 is 2.43 bits per heavy atom. The molecule has 0 fully saturated rings. The Hall–Kier alpha value is -1.42. The molecule has 0 aromatic carbocycles. The number of hydrogen-bond acceptors (Lipinski definition) is 3. The second kappa shape index (κ2) is 4.72. The van der Waals surface area contributed by atoms with Gasteiger partial charge in [-0.15, -0.1) is 0 Å². The highest BCUT2D eigenvalue weighted by Gasteiger charge is 2.08. The third-order valence-electron chi connectivity index (χ3n) is 1.81. The molecule has 1 amide bonds. The van der Waals surface area contributed by atoms with E-state index in [1.807, 2.05) is 0 Å². The van der Waals surface area contributed by atoms with Gasteiger partial charge in [0.25, 0.3) is 5.91 Å². The topological polar surface area (TPSA) is 62.2 Å². The summed E-state index contributed by atoms with van der Waals surface area (Å²) in [6, 6.07) is 3.42. The average Bonchev–Trinajstić information content (AvgIpc) is 2.15. The van der Waals surface area contributed by atoms with Gasteiger partial charge in [0.05, 0.1) is 11.7 Å². The van der Waals surface area contributed by atoms with Crippen molar-refractivity contribution >= 4 is 5.91 Å². The van der Waals surface area contributed by atoms with Crippen molar-refractivity contribution in [3.8, 4) is 0 Å². The lowest BCUT2D eigenvalue weighted by Gasteiger charge is -2.08. The van der Waals surface area contributed by atoms with Crippen molar-refractivity contribution in [3.05, 3.63) is 29.6 Å². The van der Waals surface area contributed by atoms with Gasteiger partial charge in [-0.1, -0.05) is 0 Å². The van der Waals surface area contributed by atoms with E-state index < -0.39 is 6.10 Å². The molecule has 2 N–H and O–H groups in total. The molecule has 0 bridgehead atoms. The third-order valence-corrected chi connectivity index (χ3v) is 1.81. The number of rotatable bonds is 3. The zero-order valence-electron chi connectivity index (χ0n) is 8.32. The van der Waals surface area contributed by atoms with Crippen LogP contribution in [0.15, 0.2) is 18.3 Å². The van der Waals surface area contributed by atoms with Crippen molar-refractivity contribution in [3.63, 3.8) is 0 Å². The van der Waals surface area contributed by atoms with E-state index in [9.17, 15) is 4.79 Å². The summed E-state index contributed by atoms with van der Waals surface area (Å²) in [7, 11) is 0. The van der Waals surface area contributed by atoms with E-state index in [1.165, 1.54) is 0 Å². The number of pyridine rings is 1. The van der Waals surface area contributed by atoms with Gasteiger partial charge in [0.2, 0.25) is 0 Å². The smallest absolute Gasteiger partial charge is 0.253 e. The lowest BCUT2D eigenvalue weighted by molar-refractivity contribution is 0.0923. The van der Waals surface area contributed by atoms with Gasteiger partial charge in [-0.05, 0) is 26.0 Å². The molecular formula is C10H14N2O2. The quantitative estimate of drug-likeness (QED) is 0.736. The fraction of sp³-hybridized carbons (Fsp3) is 0.400.